The molecule has 26 heavy (non-hydrogen) atoms. The molecule has 2 aromatic carbocycles. The summed E-state index contributed by atoms with van der Waals surface area (Å²) in [6, 6.07) is 12.0. The molecule has 0 spiro atoms. The third-order valence-electron chi connectivity index (χ3n) is 3.61. The van der Waals surface area contributed by atoms with Crippen LogP contribution in [0.3, 0.4) is 0 Å². The van der Waals surface area contributed by atoms with E-state index in [0.29, 0.717) is 6.42 Å². The maximum absolute atomic E-state index is 10.5. The van der Waals surface area contributed by atoms with Crippen LogP contribution in [0.1, 0.15) is 18.1 Å². The average molecular weight is 361 g/mol. The first-order valence-corrected chi connectivity index (χ1v) is 7.96. The summed E-state index contributed by atoms with van der Waals surface area (Å²) in [5.74, 6) is -1.84. The Labute approximate surface area is 151 Å². The number of phenolic OH excluding ortho intramolecular Hbond substituents is 2. The Morgan fingerprint density at radius 3 is 1.54 bits per heavy atom. The number of carbonyl (C=O) groups is 2. The normalized spacial score (nSPS) is 12.4. The summed E-state index contributed by atoms with van der Waals surface area (Å²) in [5.41, 5.74) is 7.05. The van der Waals surface area contributed by atoms with Gasteiger partial charge in [-0.1, -0.05) is 31.2 Å². The minimum absolute atomic E-state index is 0.160. The molecule has 0 aliphatic rings. The molecule has 6 N–H and O–H groups in total. The van der Waals surface area contributed by atoms with Gasteiger partial charge in [0.1, 0.15) is 17.5 Å². The molecule has 0 saturated carbocycles. The Morgan fingerprint density at radius 2 is 1.19 bits per heavy atom. The predicted octanol–water partition coefficient (Wildman–Crippen LogP) is 2.00. The number of hydrogen-bond donors (Lipinski definition) is 5. The van der Waals surface area contributed by atoms with Crippen molar-refractivity contribution in [3.63, 3.8) is 0 Å². The van der Waals surface area contributed by atoms with E-state index in [1.807, 2.05) is 0 Å². The Hall–Kier alpha value is -3.06. The molecular weight excluding hydrogens is 338 g/mol. The predicted molar refractivity (Wildman–Crippen MR) is 96.0 cm³/mol. The molecule has 0 aliphatic carbocycles. The maximum atomic E-state index is 10.5. The van der Waals surface area contributed by atoms with E-state index in [9.17, 15) is 9.59 Å². The second-order valence-corrected chi connectivity index (χ2v) is 5.93. The first-order chi connectivity index (χ1) is 12.2. The topological polar surface area (TPSA) is 141 Å². The van der Waals surface area contributed by atoms with E-state index in [-0.39, 0.29) is 23.8 Å². The summed E-state index contributed by atoms with van der Waals surface area (Å²) >= 11 is 0. The van der Waals surface area contributed by atoms with Gasteiger partial charge in [0, 0.05) is 0 Å². The van der Waals surface area contributed by atoms with Gasteiger partial charge in [-0.25, -0.2) is 0 Å². The summed E-state index contributed by atoms with van der Waals surface area (Å²) in [7, 11) is 0. The molecule has 2 atom stereocenters. The van der Waals surface area contributed by atoms with Crippen LogP contribution in [0.4, 0.5) is 0 Å². The van der Waals surface area contributed by atoms with Gasteiger partial charge in [-0.3, -0.25) is 9.59 Å². The van der Waals surface area contributed by atoms with Crippen molar-refractivity contribution < 1.29 is 30.0 Å². The monoisotopic (exact) mass is 361 g/mol. The number of carboxylic acids is 2. The average Bonchev–Trinajstić information content (AvgIpc) is 2.59. The lowest BCUT2D eigenvalue weighted by Crippen LogP contribution is -2.32. The van der Waals surface area contributed by atoms with Gasteiger partial charge in [0.25, 0.3) is 0 Å². The van der Waals surface area contributed by atoms with Gasteiger partial charge in [0.15, 0.2) is 0 Å². The largest absolute Gasteiger partial charge is 0.508 e. The van der Waals surface area contributed by atoms with E-state index in [0.717, 1.165) is 11.1 Å². The van der Waals surface area contributed by atoms with Gasteiger partial charge in [-0.2, -0.15) is 0 Å². The van der Waals surface area contributed by atoms with Crippen molar-refractivity contribution in [3.8, 4) is 11.5 Å². The Morgan fingerprint density at radius 1 is 0.808 bits per heavy atom. The zero-order chi connectivity index (χ0) is 19.7. The number of phenols is 2. The molecule has 0 unspecified atom stereocenters. The van der Waals surface area contributed by atoms with E-state index >= 15 is 0 Å². The van der Waals surface area contributed by atoms with Gasteiger partial charge in [0.05, 0.1) is 5.92 Å². The zero-order valence-electron chi connectivity index (χ0n) is 14.4. The molecule has 2 rings (SSSR count). The van der Waals surface area contributed by atoms with Crippen molar-refractivity contribution in [2.24, 2.45) is 11.7 Å². The highest BCUT2D eigenvalue weighted by molar-refractivity contribution is 5.73. The van der Waals surface area contributed by atoms with E-state index < -0.39 is 18.0 Å². The van der Waals surface area contributed by atoms with E-state index in [4.69, 9.17) is 26.2 Å². The smallest absolute Gasteiger partial charge is 0.320 e. The molecule has 0 heterocycles. The summed E-state index contributed by atoms with van der Waals surface area (Å²) in [4.78, 5) is 20.9. The number of benzene rings is 2. The molecule has 2 aromatic rings. The first kappa shape index (κ1) is 21.0. The van der Waals surface area contributed by atoms with Gasteiger partial charge in [-0.05, 0) is 48.2 Å². The highest BCUT2D eigenvalue weighted by Gasteiger charge is 2.12. The lowest BCUT2D eigenvalue weighted by Gasteiger charge is -2.05. The van der Waals surface area contributed by atoms with Crippen LogP contribution in [0.2, 0.25) is 0 Å². The van der Waals surface area contributed by atoms with E-state index in [1.165, 1.54) is 12.1 Å². The summed E-state index contributed by atoms with van der Waals surface area (Å²) in [6.45, 7) is 1.66. The van der Waals surface area contributed by atoms with Crippen LogP contribution >= 0.6 is 0 Å². The summed E-state index contributed by atoms with van der Waals surface area (Å²) < 4.78 is 0. The van der Waals surface area contributed by atoms with Crippen LogP contribution < -0.4 is 5.73 Å². The highest BCUT2D eigenvalue weighted by Crippen LogP contribution is 2.13. The molecule has 0 saturated heterocycles. The standard InChI is InChI=1S/C10H12O3.C9H11NO3/c1-7(10(12)13)6-8-2-4-9(11)5-3-8;10-8(9(12)13)5-6-1-3-7(11)4-2-6/h2-5,7,11H,6H2,1H3,(H,12,13);1-4,8,11H,5,10H2,(H,12,13)/t7-;8-/m00/s1. The van der Waals surface area contributed by atoms with Crippen molar-refractivity contribution in [2.75, 3.05) is 0 Å². The number of carboxylic acid groups (broad SMARTS) is 2. The fourth-order valence-electron chi connectivity index (χ4n) is 2.05. The molecule has 7 heteroatoms. The highest BCUT2D eigenvalue weighted by atomic mass is 16.4. The molecular formula is C19H23NO6. The second-order valence-electron chi connectivity index (χ2n) is 5.93. The number of nitrogens with two attached hydrogens (primary N) is 1. The fraction of sp³-hybridized carbons (Fsp3) is 0.263. The van der Waals surface area contributed by atoms with Crippen LogP contribution in [-0.4, -0.2) is 38.4 Å². The molecule has 0 radical (unpaired) electrons. The van der Waals surface area contributed by atoms with Gasteiger partial charge >= 0.3 is 11.9 Å². The molecule has 0 amide bonds. The molecule has 0 aromatic heterocycles. The lowest BCUT2D eigenvalue weighted by atomic mass is 10.0. The molecule has 0 aliphatic heterocycles. The van der Waals surface area contributed by atoms with Crippen molar-refractivity contribution in [1.29, 1.82) is 0 Å². The van der Waals surface area contributed by atoms with Crippen molar-refractivity contribution in [1.82, 2.24) is 0 Å². The van der Waals surface area contributed by atoms with Crippen LogP contribution in [0, 0.1) is 5.92 Å². The Kier molecular flexibility index (Phi) is 8.11. The third-order valence-corrected chi connectivity index (χ3v) is 3.61. The van der Waals surface area contributed by atoms with Crippen molar-refractivity contribution in [2.45, 2.75) is 25.8 Å². The van der Waals surface area contributed by atoms with Gasteiger partial charge in [0.2, 0.25) is 0 Å². The Bertz CT molecular complexity index is 648. The van der Waals surface area contributed by atoms with Gasteiger partial charge in [-0.15, -0.1) is 0 Å². The molecule has 140 valence electrons. The first-order valence-electron chi connectivity index (χ1n) is 7.96. The second kappa shape index (κ2) is 10.0. The summed E-state index contributed by atoms with van der Waals surface area (Å²) in [5, 5.41) is 35.1. The molecule has 0 fully saturated rings. The molecule has 7 nitrogen and oxygen atoms in total. The quantitative estimate of drug-likeness (QED) is 0.530. The number of aromatic hydroxyl groups is 2. The molecule has 0 bridgehead atoms. The fourth-order valence-corrected chi connectivity index (χ4v) is 2.05. The Balaban J connectivity index is 0.000000260. The van der Waals surface area contributed by atoms with Crippen LogP contribution in [0.25, 0.3) is 0 Å². The van der Waals surface area contributed by atoms with Crippen LogP contribution in [0.5, 0.6) is 11.5 Å². The zero-order valence-corrected chi connectivity index (χ0v) is 14.4. The minimum atomic E-state index is -1.02. The van der Waals surface area contributed by atoms with E-state index in [2.05, 4.69) is 0 Å². The van der Waals surface area contributed by atoms with Crippen LogP contribution in [0.15, 0.2) is 48.5 Å². The lowest BCUT2D eigenvalue weighted by molar-refractivity contribution is -0.141. The van der Waals surface area contributed by atoms with Gasteiger partial charge < -0.3 is 26.2 Å². The maximum Gasteiger partial charge on any atom is 0.320 e. The van der Waals surface area contributed by atoms with Crippen molar-refractivity contribution >= 4 is 11.9 Å². The number of hydrogen-bond acceptors (Lipinski definition) is 5. The summed E-state index contributed by atoms with van der Waals surface area (Å²) in [6.07, 6.45) is 0.769. The number of aliphatic carboxylic acids is 2. The number of rotatable bonds is 6. The minimum Gasteiger partial charge on any atom is -0.508 e. The third kappa shape index (κ3) is 7.67. The SMILES string of the molecule is C[C@@H](Cc1ccc(O)cc1)C(=O)O.N[C@@H](Cc1ccc(O)cc1)C(=O)O. The van der Waals surface area contributed by atoms with Crippen LogP contribution in [-0.2, 0) is 22.4 Å². The van der Waals surface area contributed by atoms with Crippen molar-refractivity contribution in [3.05, 3.63) is 59.7 Å². The van der Waals surface area contributed by atoms with E-state index in [1.54, 1.807) is 43.3 Å².